The number of anilines is 1. The summed E-state index contributed by atoms with van der Waals surface area (Å²) in [6.45, 7) is 1.73. The molecule has 0 saturated carbocycles. The van der Waals surface area contributed by atoms with Crippen molar-refractivity contribution in [2.45, 2.75) is 36.8 Å². The van der Waals surface area contributed by atoms with Crippen LogP contribution in [0.1, 0.15) is 22.6 Å². The molecular formula is C27H27F3N2O6S2. The molecule has 13 heteroatoms. The van der Waals surface area contributed by atoms with E-state index in [1.165, 1.54) is 22.7 Å². The zero-order valence-electron chi connectivity index (χ0n) is 21.3. The standard InChI is InChI=1S/C25H26N2O4S2.C2HF3O2/c1-27-13-11-17(12-14-27)22(21(27)23(28)26-18-7-3-2-4-8-18)31-24(29)25(30,19-9-5-15-32-19)20-10-6-16-33-20;3-2(4,5)1(6)7/h2-10,15-17,21-22,30H,11-14H2,1H3;(H,6,7)/t17?,21?,22-,27?;/m1./s1. The highest BCUT2D eigenvalue weighted by Gasteiger charge is 2.58. The molecule has 8 nitrogen and oxygen atoms in total. The van der Waals surface area contributed by atoms with E-state index >= 15 is 0 Å². The Morgan fingerprint density at radius 3 is 1.95 bits per heavy atom. The third kappa shape index (κ3) is 6.07. The molecule has 2 bridgehead atoms. The quantitative estimate of drug-likeness (QED) is 0.334. The van der Waals surface area contributed by atoms with E-state index in [9.17, 15) is 27.9 Å². The smallest absolute Gasteiger partial charge is 0.430 e. The number of carbonyl (C=O) groups excluding carboxylic acids is 3. The van der Waals surface area contributed by atoms with Gasteiger partial charge >= 0.3 is 12.1 Å². The molecule has 1 aromatic carbocycles. The first-order valence-corrected chi connectivity index (χ1v) is 14.1. The van der Waals surface area contributed by atoms with Gasteiger partial charge in [-0.05, 0) is 35.0 Å². The SMILES string of the molecule is C[N+]12CCC(CC1)[C@@H](OC(=O)C(O)(c1cccs1)c1cccs1)C2C(=O)Nc1ccccc1.O=C([O-])C(F)(F)F. The van der Waals surface area contributed by atoms with Gasteiger partial charge in [0, 0.05) is 24.4 Å². The number of amides is 1. The van der Waals surface area contributed by atoms with Crippen LogP contribution >= 0.6 is 22.7 Å². The highest BCUT2D eigenvalue weighted by atomic mass is 32.1. The number of aliphatic carboxylic acids is 1. The summed E-state index contributed by atoms with van der Waals surface area (Å²) in [5.74, 6) is -3.78. The van der Waals surface area contributed by atoms with Crippen molar-refractivity contribution in [1.82, 2.24) is 0 Å². The van der Waals surface area contributed by atoms with E-state index in [4.69, 9.17) is 14.6 Å². The number of thiophene rings is 2. The Kier molecular flexibility index (Phi) is 8.69. The first kappa shape index (κ1) is 29.7. The van der Waals surface area contributed by atoms with Gasteiger partial charge in [-0.2, -0.15) is 13.2 Å². The lowest BCUT2D eigenvalue weighted by atomic mass is 9.77. The maximum atomic E-state index is 13.6. The topological polar surface area (TPSA) is 116 Å². The molecule has 2 N–H and O–H groups in total. The van der Waals surface area contributed by atoms with Crippen molar-refractivity contribution >= 4 is 46.2 Å². The zero-order valence-corrected chi connectivity index (χ0v) is 22.9. The molecule has 6 rings (SSSR count). The number of hydrogen-bond donors (Lipinski definition) is 2. The van der Waals surface area contributed by atoms with Crippen LogP contribution in [-0.4, -0.2) is 65.9 Å². The number of halogens is 3. The average Bonchev–Trinajstić information content (AvgIpc) is 3.64. The van der Waals surface area contributed by atoms with Crippen molar-refractivity contribution in [3.63, 3.8) is 0 Å². The number of ether oxygens (including phenoxy) is 1. The molecule has 5 heterocycles. The number of hydrogen-bond acceptors (Lipinski definition) is 8. The summed E-state index contributed by atoms with van der Waals surface area (Å²) in [5, 5.41) is 27.1. The molecule has 1 unspecified atom stereocenters. The van der Waals surface area contributed by atoms with E-state index in [0.29, 0.717) is 14.2 Å². The number of alkyl halides is 3. The number of carbonyl (C=O) groups is 3. The molecule has 0 spiro atoms. The molecule has 3 aliphatic heterocycles. The Morgan fingerprint density at radius 2 is 1.50 bits per heavy atom. The van der Waals surface area contributed by atoms with Crippen LogP contribution in [0.4, 0.5) is 18.9 Å². The summed E-state index contributed by atoms with van der Waals surface area (Å²) in [6, 6.07) is 15.9. The summed E-state index contributed by atoms with van der Waals surface area (Å²) < 4.78 is 38.2. The molecule has 1 amide bonds. The lowest BCUT2D eigenvalue weighted by Crippen LogP contribution is -2.72. The fourth-order valence-electron chi connectivity index (χ4n) is 5.23. The lowest BCUT2D eigenvalue weighted by Gasteiger charge is -2.54. The minimum absolute atomic E-state index is 0.0938. The van der Waals surface area contributed by atoms with Crippen LogP contribution in [0.25, 0.3) is 0 Å². The number of rotatable bonds is 6. The molecule has 3 fully saturated rings. The van der Waals surface area contributed by atoms with Gasteiger partial charge < -0.3 is 29.5 Å². The highest BCUT2D eigenvalue weighted by molar-refractivity contribution is 7.12. The first-order valence-electron chi connectivity index (χ1n) is 12.4. The van der Waals surface area contributed by atoms with Gasteiger partial charge in [0.05, 0.1) is 29.9 Å². The van der Waals surface area contributed by atoms with Gasteiger partial charge in [0.2, 0.25) is 11.6 Å². The van der Waals surface area contributed by atoms with Crippen LogP contribution in [0.5, 0.6) is 0 Å². The molecular weight excluding hydrogens is 569 g/mol. The number of carboxylic acid groups (broad SMARTS) is 1. The fourth-order valence-corrected chi connectivity index (χ4v) is 6.94. The van der Waals surface area contributed by atoms with Gasteiger partial charge in [0.25, 0.3) is 5.91 Å². The number of carboxylic acids is 1. The minimum Gasteiger partial charge on any atom is -0.542 e. The summed E-state index contributed by atoms with van der Waals surface area (Å²) >= 11 is 2.63. The van der Waals surface area contributed by atoms with Crippen molar-refractivity contribution < 1.29 is 47.0 Å². The number of aliphatic hydroxyl groups is 1. The number of esters is 1. The number of para-hydroxylation sites is 1. The number of benzene rings is 1. The lowest BCUT2D eigenvalue weighted by molar-refractivity contribution is -0.943. The second kappa shape index (κ2) is 11.7. The molecule has 214 valence electrons. The average molecular weight is 597 g/mol. The van der Waals surface area contributed by atoms with Crippen LogP contribution in [0, 0.1) is 5.92 Å². The second-order valence-electron chi connectivity index (χ2n) is 9.88. The normalized spacial score (nSPS) is 24.0. The van der Waals surface area contributed by atoms with E-state index in [0.717, 1.165) is 31.6 Å². The van der Waals surface area contributed by atoms with Gasteiger partial charge in [-0.1, -0.05) is 30.3 Å². The van der Waals surface area contributed by atoms with Crippen molar-refractivity contribution in [1.29, 1.82) is 0 Å². The van der Waals surface area contributed by atoms with Gasteiger partial charge in [0.15, 0.2) is 6.10 Å². The van der Waals surface area contributed by atoms with Crippen molar-refractivity contribution in [2.24, 2.45) is 5.92 Å². The van der Waals surface area contributed by atoms with E-state index in [-0.39, 0.29) is 11.8 Å². The first-order chi connectivity index (χ1) is 18.9. The van der Waals surface area contributed by atoms with Crippen molar-refractivity contribution in [2.75, 3.05) is 25.5 Å². The van der Waals surface area contributed by atoms with Crippen LogP contribution < -0.4 is 10.4 Å². The van der Waals surface area contributed by atoms with Crippen molar-refractivity contribution in [3.05, 3.63) is 75.1 Å². The van der Waals surface area contributed by atoms with Crippen LogP contribution in [0.3, 0.4) is 0 Å². The Hall–Kier alpha value is -3.26. The van der Waals surface area contributed by atoms with Crippen LogP contribution in [0.15, 0.2) is 65.4 Å². The Labute approximate surface area is 236 Å². The third-order valence-corrected chi connectivity index (χ3v) is 9.26. The highest BCUT2D eigenvalue weighted by Crippen LogP contribution is 2.42. The van der Waals surface area contributed by atoms with Gasteiger partial charge in [-0.15, -0.1) is 22.7 Å². The molecule has 3 saturated heterocycles. The molecule has 0 aliphatic carbocycles. The number of nitrogens with one attached hydrogen (secondary N) is 1. The fraction of sp³-hybridized carbons (Fsp3) is 0.370. The van der Waals surface area contributed by atoms with Crippen LogP contribution in [-0.2, 0) is 24.7 Å². The molecule has 2 atom stereocenters. The predicted octanol–water partition coefficient (Wildman–Crippen LogP) is 3.13. The molecule has 0 radical (unpaired) electrons. The molecule has 2 aromatic heterocycles. The van der Waals surface area contributed by atoms with Crippen molar-refractivity contribution in [3.8, 4) is 0 Å². The van der Waals surface area contributed by atoms with Gasteiger partial charge in [0.1, 0.15) is 5.97 Å². The number of nitrogens with zero attached hydrogens (tertiary/aromatic N) is 1. The second-order valence-corrected chi connectivity index (χ2v) is 11.8. The molecule has 40 heavy (non-hydrogen) atoms. The minimum atomic E-state index is -5.19. The van der Waals surface area contributed by atoms with E-state index in [1.54, 1.807) is 12.1 Å². The summed E-state index contributed by atoms with van der Waals surface area (Å²) in [5.41, 5.74) is -1.16. The van der Waals surface area contributed by atoms with E-state index < -0.39 is 35.9 Å². The maximum absolute atomic E-state index is 13.6. The zero-order chi connectivity index (χ0) is 29.1. The largest absolute Gasteiger partial charge is 0.542 e. The number of fused-ring (bicyclic) bond motifs is 3. The van der Waals surface area contributed by atoms with Gasteiger partial charge in [-0.3, -0.25) is 4.79 Å². The van der Waals surface area contributed by atoms with E-state index in [2.05, 4.69) is 12.4 Å². The number of quaternary nitrogens is 1. The Bertz CT molecular complexity index is 1270. The molecule has 3 aromatic rings. The van der Waals surface area contributed by atoms with E-state index in [1.807, 2.05) is 53.2 Å². The maximum Gasteiger partial charge on any atom is 0.430 e. The molecule has 3 aliphatic rings. The number of piperidine rings is 3. The summed E-state index contributed by atoms with van der Waals surface area (Å²) in [6.07, 6.45) is -4.01. The Balaban J connectivity index is 0.000000470. The summed E-state index contributed by atoms with van der Waals surface area (Å²) in [7, 11) is 2.07. The Morgan fingerprint density at radius 1 is 0.975 bits per heavy atom. The summed E-state index contributed by atoms with van der Waals surface area (Å²) in [4.78, 5) is 36.9. The van der Waals surface area contributed by atoms with Crippen LogP contribution in [0.2, 0.25) is 0 Å². The van der Waals surface area contributed by atoms with Gasteiger partial charge in [-0.25, -0.2) is 4.79 Å². The predicted molar refractivity (Wildman–Crippen MR) is 140 cm³/mol. The monoisotopic (exact) mass is 596 g/mol. The number of likely N-dealkylation sites (N-methyl/N-ethyl adjacent to an activating group) is 1. The third-order valence-electron chi connectivity index (χ3n) is 7.30.